The minimum absolute atomic E-state index is 0.143. The van der Waals surface area contributed by atoms with E-state index >= 15 is 0 Å². The number of carbonyl (C=O) groups excluding carboxylic acids is 3. The third-order valence-electron chi connectivity index (χ3n) is 2.68. The van der Waals surface area contributed by atoms with Gasteiger partial charge in [0, 0.05) is 6.54 Å². The van der Waals surface area contributed by atoms with Gasteiger partial charge in [-0.3, -0.25) is 10.1 Å². The van der Waals surface area contributed by atoms with E-state index in [9.17, 15) is 27.6 Å². The smallest absolute Gasteiger partial charge is 0.416 e. The largest absolute Gasteiger partial charge is 0.449 e. The molecule has 23 heavy (non-hydrogen) atoms. The van der Waals surface area contributed by atoms with Crippen LogP contribution in [0.2, 0.25) is 0 Å². The second kappa shape index (κ2) is 7.61. The lowest BCUT2D eigenvalue weighted by molar-refractivity contribution is -0.137. The van der Waals surface area contributed by atoms with Gasteiger partial charge in [-0.05, 0) is 38.1 Å². The summed E-state index contributed by atoms with van der Waals surface area (Å²) in [6.45, 7) is 3.19. The normalized spacial score (nSPS) is 12.2. The molecule has 0 saturated heterocycles. The lowest BCUT2D eigenvalue weighted by atomic mass is 10.1. The highest BCUT2D eigenvalue weighted by Crippen LogP contribution is 2.29. The van der Waals surface area contributed by atoms with Gasteiger partial charge < -0.3 is 10.1 Å². The maximum atomic E-state index is 12.4. The second-order valence-corrected chi connectivity index (χ2v) is 4.47. The summed E-state index contributed by atoms with van der Waals surface area (Å²) in [7, 11) is 0. The molecule has 126 valence electrons. The second-order valence-electron chi connectivity index (χ2n) is 4.47. The molecule has 0 saturated carbocycles. The van der Waals surface area contributed by atoms with E-state index in [0.29, 0.717) is 6.54 Å². The molecule has 0 bridgehead atoms. The molecule has 0 aliphatic rings. The predicted molar refractivity (Wildman–Crippen MR) is 73.5 cm³/mol. The quantitative estimate of drug-likeness (QED) is 0.827. The first-order valence-corrected chi connectivity index (χ1v) is 6.62. The van der Waals surface area contributed by atoms with Crippen LogP contribution < -0.4 is 10.6 Å². The van der Waals surface area contributed by atoms with Gasteiger partial charge in [0.15, 0.2) is 6.10 Å². The fourth-order valence-corrected chi connectivity index (χ4v) is 1.50. The number of urea groups is 1. The van der Waals surface area contributed by atoms with Crippen molar-refractivity contribution in [3.8, 4) is 0 Å². The van der Waals surface area contributed by atoms with Crippen LogP contribution in [-0.4, -0.2) is 30.6 Å². The molecule has 6 nitrogen and oxygen atoms in total. The van der Waals surface area contributed by atoms with E-state index < -0.39 is 35.8 Å². The number of halogens is 3. The van der Waals surface area contributed by atoms with Crippen molar-refractivity contribution in [2.75, 3.05) is 6.54 Å². The molecular weight excluding hydrogens is 317 g/mol. The zero-order valence-corrected chi connectivity index (χ0v) is 12.4. The predicted octanol–water partition coefficient (Wildman–Crippen LogP) is 2.10. The average Bonchev–Trinajstić information content (AvgIpc) is 2.46. The van der Waals surface area contributed by atoms with E-state index in [1.165, 1.54) is 6.92 Å². The zero-order chi connectivity index (χ0) is 17.6. The van der Waals surface area contributed by atoms with Gasteiger partial charge in [-0.2, -0.15) is 13.2 Å². The van der Waals surface area contributed by atoms with Gasteiger partial charge in [0.2, 0.25) is 0 Å². The molecule has 1 unspecified atom stereocenters. The summed E-state index contributed by atoms with van der Waals surface area (Å²) < 4.78 is 42.0. The first kappa shape index (κ1) is 18.5. The molecule has 1 atom stereocenters. The van der Waals surface area contributed by atoms with Crippen LogP contribution in [0.4, 0.5) is 18.0 Å². The lowest BCUT2D eigenvalue weighted by Gasteiger charge is -2.13. The number of carbonyl (C=O) groups is 3. The highest BCUT2D eigenvalue weighted by molar-refractivity contribution is 5.98. The number of rotatable bonds is 4. The minimum Gasteiger partial charge on any atom is -0.449 e. The Morgan fingerprint density at radius 1 is 1.17 bits per heavy atom. The Hall–Kier alpha value is -2.58. The van der Waals surface area contributed by atoms with E-state index in [1.54, 1.807) is 6.92 Å². The summed E-state index contributed by atoms with van der Waals surface area (Å²) in [6, 6.07) is 2.61. The molecule has 0 spiro atoms. The van der Waals surface area contributed by atoms with Crippen LogP contribution in [0.25, 0.3) is 0 Å². The van der Waals surface area contributed by atoms with E-state index in [1.807, 2.05) is 5.32 Å². The number of alkyl halides is 3. The Morgan fingerprint density at radius 3 is 2.22 bits per heavy atom. The van der Waals surface area contributed by atoms with Crippen molar-refractivity contribution in [3.63, 3.8) is 0 Å². The number of esters is 1. The summed E-state index contributed by atoms with van der Waals surface area (Å²) in [5, 5.41) is 4.27. The van der Waals surface area contributed by atoms with Crippen LogP contribution in [0.15, 0.2) is 24.3 Å². The molecular formula is C14H15F3N2O4. The number of ether oxygens (including phenoxy) is 1. The first-order chi connectivity index (χ1) is 10.6. The lowest BCUT2D eigenvalue weighted by Crippen LogP contribution is -2.44. The molecule has 0 radical (unpaired) electrons. The van der Waals surface area contributed by atoms with Crippen molar-refractivity contribution in [2.45, 2.75) is 26.1 Å². The van der Waals surface area contributed by atoms with Gasteiger partial charge in [0.05, 0.1) is 11.1 Å². The highest BCUT2D eigenvalue weighted by Gasteiger charge is 2.30. The Kier molecular flexibility index (Phi) is 6.11. The Bertz CT molecular complexity index is 585. The van der Waals surface area contributed by atoms with Crippen LogP contribution >= 0.6 is 0 Å². The molecule has 1 rings (SSSR count). The van der Waals surface area contributed by atoms with E-state index in [4.69, 9.17) is 4.74 Å². The SMILES string of the molecule is CCNC(=O)NC(=O)C(C)OC(=O)c1ccc(C(F)(F)F)cc1. The van der Waals surface area contributed by atoms with E-state index in [-0.39, 0.29) is 5.56 Å². The number of benzene rings is 1. The maximum absolute atomic E-state index is 12.4. The third-order valence-corrected chi connectivity index (χ3v) is 2.68. The van der Waals surface area contributed by atoms with Gasteiger partial charge in [-0.15, -0.1) is 0 Å². The van der Waals surface area contributed by atoms with Crippen LogP contribution in [0, 0.1) is 0 Å². The fourth-order valence-electron chi connectivity index (χ4n) is 1.50. The summed E-state index contributed by atoms with van der Waals surface area (Å²) in [5.74, 6) is -1.83. The van der Waals surface area contributed by atoms with Crippen molar-refractivity contribution in [1.82, 2.24) is 10.6 Å². The molecule has 3 amide bonds. The van der Waals surface area contributed by atoms with Crippen LogP contribution in [-0.2, 0) is 15.7 Å². The summed E-state index contributed by atoms with van der Waals surface area (Å²) in [5.41, 5.74) is -1.05. The Labute approximate surface area is 130 Å². The van der Waals surface area contributed by atoms with Crippen LogP contribution in [0.3, 0.4) is 0 Å². The summed E-state index contributed by atoms with van der Waals surface area (Å²) in [6.07, 6.45) is -5.80. The number of nitrogens with one attached hydrogen (secondary N) is 2. The van der Waals surface area contributed by atoms with Gasteiger partial charge in [0.1, 0.15) is 0 Å². The van der Waals surface area contributed by atoms with Crippen LogP contribution in [0.1, 0.15) is 29.8 Å². The number of amides is 3. The Balaban J connectivity index is 2.65. The van der Waals surface area contributed by atoms with Gasteiger partial charge in [-0.25, -0.2) is 9.59 Å². The van der Waals surface area contributed by atoms with Crippen molar-refractivity contribution < 1.29 is 32.3 Å². The molecule has 0 aliphatic carbocycles. The third kappa shape index (κ3) is 5.61. The number of hydrogen-bond acceptors (Lipinski definition) is 4. The summed E-state index contributed by atoms with van der Waals surface area (Å²) >= 11 is 0. The molecule has 0 heterocycles. The summed E-state index contributed by atoms with van der Waals surface area (Å²) in [4.78, 5) is 34.5. The molecule has 0 aromatic heterocycles. The average molecular weight is 332 g/mol. The molecule has 0 aliphatic heterocycles. The fraction of sp³-hybridized carbons (Fsp3) is 0.357. The van der Waals surface area contributed by atoms with Crippen molar-refractivity contribution >= 4 is 17.9 Å². The molecule has 2 N–H and O–H groups in total. The standard InChI is InChI=1S/C14H15F3N2O4/c1-3-18-13(22)19-11(20)8(2)23-12(21)9-4-6-10(7-5-9)14(15,16)17/h4-8H,3H2,1-2H3,(H2,18,19,20,22). The molecule has 1 aromatic rings. The van der Waals surface area contributed by atoms with Gasteiger partial charge in [-0.1, -0.05) is 0 Å². The number of imide groups is 1. The van der Waals surface area contributed by atoms with Crippen molar-refractivity contribution in [1.29, 1.82) is 0 Å². The van der Waals surface area contributed by atoms with E-state index in [2.05, 4.69) is 5.32 Å². The topological polar surface area (TPSA) is 84.5 Å². The highest BCUT2D eigenvalue weighted by atomic mass is 19.4. The van der Waals surface area contributed by atoms with Crippen LogP contribution in [0.5, 0.6) is 0 Å². The Morgan fingerprint density at radius 2 is 1.74 bits per heavy atom. The first-order valence-electron chi connectivity index (χ1n) is 6.62. The van der Waals surface area contributed by atoms with Crippen molar-refractivity contribution in [2.24, 2.45) is 0 Å². The molecule has 1 aromatic carbocycles. The maximum Gasteiger partial charge on any atom is 0.416 e. The van der Waals surface area contributed by atoms with E-state index in [0.717, 1.165) is 24.3 Å². The minimum atomic E-state index is -4.51. The van der Waals surface area contributed by atoms with Crippen molar-refractivity contribution in [3.05, 3.63) is 35.4 Å². The van der Waals surface area contributed by atoms with Gasteiger partial charge >= 0.3 is 18.2 Å². The molecule has 9 heteroatoms. The zero-order valence-electron chi connectivity index (χ0n) is 12.4. The van der Waals surface area contributed by atoms with Gasteiger partial charge in [0.25, 0.3) is 5.91 Å². The molecule has 0 fully saturated rings. The monoisotopic (exact) mass is 332 g/mol. The number of hydrogen-bond donors (Lipinski definition) is 2.